The SMILES string of the molecule is O=C1c2ccccc2-c2cccc3ccc([O][Al])c1c23. The van der Waals surface area contributed by atoms with Crippen molar-refractivity contribution in [3.05, 3.63) is 65.7 Å². The summed E-state index contributed by atoms with van der Waals surface area (Å²) >= 11 is 2.22. The van der Waals surface area contributed by atoms with E-state index in [4.69, 9.17) is 3.79 Å². The third-order valence-electron chi connectivity index (χ3n) is 3.82. The second-order valence-corrected chi connectivity index (χ2v) is 5.07. The van der Waals surface area contributed by atoms with E-state index in [1.54, 1.807) is 0 Å². The number of ketones is 1. The monoisotopic (exact) mass is 272 g/mol. The molecule has 0 saturated heterocycles. The van der Waals surface area contributed by atoms with Gasteiger partial charge in [-0.1, -0.05) is 48.5 Å². The van der Waals surface area contributed by atoms with Crippen molar-refractivity contribution in [2.24, 2.45) is 0 Å². The van der Waals surface area contributed by atoms with Crippen molar-refractivity contribution < 1.29 is 8.58 Å². The van der Waals surface area contributed by atoms with Gasteiger partial charge < -0.3 is 3.79 Å². The van der Waals surface area contributed by atoms with Crippen molar-refractivity contribution in [1.82, 2.24) is 0 Å². The first-order chi connectivity index (χ1) is 9.81. The van der Waals surface area contributed by atoms with Gasteiger partial charge in [0.25, 0.3) is 0 Å². The number of hydrogen-bond donors (Lipinski definition) is 0. The van der Waals surface area contributed by atoms with Gasteiger partial charge in [0.05, 0.1) is 11.3 Å². The van der Waals surface area contributed by atoms with Crippen LogP contribution in [-0.2, 0) is 0 Å². The summed E-state index contributed by atoms with van der Waals surface area (Å²) in [5.74, 6) is 0.636. The first-order valence-corrected chi connectivity index (χ1v) is 6.85. The zero-order valence-electron chi connectivity index (χ0n) is 10.6. The molecule has 3 heteroatoms. The van der Waals surface area contributed by atoms with Gasteiger partial charge in [-0.3, -0.25) is 4.79 Å². The molecule has 0 bridgehead atoms. The minimum Gasteiger partial charge on any atom is -0.653 e. The van der Waals surface area contributed by atoms with E-state index in [-0.39, 0.29) is 5.78 Å². The highest BCUT2D eigenvalue weighted by atomic mass is 27.1. The molecular weight excluding hydrogens is 263 g/mol. The molecule has 0 amide bonds. The van der Waals surface area contributed by atoms with Crippen LogP contribution in [0.25, 0.3) is 21.9 Å². The maximum absolute atomic E-state index is 12.8. The Balaban J connectivity index is 2.26. The summed E-state index contributed by atoms with van der Waals surface area (Å²) in [6, 6.07) is 17.7. The molecule has 0 aromatic heterocycles. The number of rotatable bonds is 1. The van der Waals surface area contributed by atoms with Gasteiger partial charge in [0.15, 0.2) is 5.78 Å². The number of carbonyl (C=O) groups excluding carboxylic acids is 1. The lowest BCUT2D eigenvalue weighted by Crippen LogP contribution is -2.11. The third kappa shape index (κ3) is 1.42. The summed E-state index contributed by atoms with van der Waals surface area (Å²) in [5, 5.41) is 2.04. The van der Waals surface area contributed by atoms with Crippen LogP contribution in [0.4, 0.5) is 0 Å². The fourth-order valence-electron chi connectivity index (χ4n) is 2.96. The maximum Gasteiger partial charge on any atom is 0.482 e. The second-order valence-electron chi connectivity index (χ2n) is 4.83. The Morgan fingerprint density at radius 1 is 0.800 bits per heavy atom. The summed E-state index contributed by atoms with van der Waals surface area (Å²) in [4.78, 5) is 12.8. The average Bonchev–Trinajstić information content (AvgIpc) is 2.52. The average molecular weight is 272 g/mol. The van der Waals surface area contributed by atoms with E-state index >= 15 is 0 Å². The maximum atomic E-state index is 12.8. The first kappa shape index (κ1) is 11.7. The predicted octanol–water partition coefficient (Wildman–Crippen LogP) is 3.51. The highest BCUT2D eigenvalue weighted by Crippen LogP contribution is 2.42. The Labute approximate surface area is 124 Å². The van der Waals surface area contributed by atoms with E-state index in [0.29, 0.717) is 11.3 Å². The normalized spacial score (nSPS) is 12.3. The predicted molar refractivity (Wildman–Crippen MR) is 79.2 cm³/mol. The Morgan fingerprint density at radius 3 is 2.35 bits per heavy atom. The molecule has 3 aromatic rings. The van der Waals surface area contributed by atoms with Gasteiger partial charge >= 0.3 is 16.6 Å². The number of benzene rings is 3. The van der Waals surface area contributed by atoms with E-state index in [2.05, 4.69) is 22.7 Å². The molecule has 1 aliphatic carbocycles. The zero-order chi connectivity index (χ0) is 13.7. The van der Waals surface area contributed by atoms with Gasteiger partial charge in [-0.05, 0) is 22.6 Å². The smallest absolute Gasteiger partial charge is 0.482 e. The third-order valence-corrected chi connectivity index (χ3v) is 4.08. The summed E-state index contributed by atoms with van der Waals surface area (Å²) in [5.41, 5.74) is 3.49. The van der Waals surface area contributed by atoms with E-state index in [9.17, 15) is 4.79 Å². The largest absolute Gasteiger partial charge is 0.653 e. The molecule has 0 fully saturated rings. The number of fused-ring (bicyclic) bond motifs is 2. The fourth-order valence-corrected chi connectivity index (χ4v) is 3.16. The minimum atomic E-state index is 0.0300. The van der Waals surface area contributed by atoms with Crippen molar-refractivity contribution in [1.29, 1.82) is 0 Å². The lowest BCUT2D eigenvalue weighted by molar-refractivity contribution is 0.103. The van der Waals surface area contributed by atoms with Crippen molar-refractivity contribution >= 4 is 33.2 Å². The number of hydrogen-bond acceptors (Lipinski definition) is 2. The molecule has 0 saturated carbocycles. The van der Waals surface area contributed by atoms with Gasteiger partial charge in [-0.2, -0.15) is 0 Å². The molecule has 0 spiro atoms. The Hall–Kier alpha value is -2.08. The van der Waals surface area contributed by atoms with Crippen molar-refractivity contribution in [2.75, 3.05) is 0 Å². The van der Waals surface area contributed by atoms with Gasteiger partial charge in [-0.15, -0.1) is 0 Å². The molecule has 0 unspecified atom stereocenters. The topological polar surface area (TPSA) is 26.3 Å². The first-order valence-electron chi connectivity index (χ1n) is 6.38. The molecule has 2 radical (unpaired) electrons. The highest BCUT2D eigenvalue weighted by molar-refractivity contribution is 6.27. The fraction of sp³-hybridized carbons (Fsp3) is 0. The second kappa shape index (κ2) is 4.21. The Bertz CT molecular complexity index is 868. The Morgan fingerprint density at radius 2 is 1.55 bits per heavy atom. The van der Waals surface area contributed by atoms with E-state index in [1.807, 2.05) is 48.5 Å². The van der Waals surface area contributed by atoms with E-state index < -0.39 is 0 Å². The molecule has 0 atom stereocenters. The molecule has 0 N–H and O–H groups in total. The lowest BCUT2D eigenvalue weighted by Gasteiger charge is -2.22. The molecule has 1 aliphatic rings. The van der Waals surface area contributed by atoms with Crippen LogP contribution >= 0.6 is 0 Å². The van der Waals surface area contributed by atoms with Crippen LogP contribution in [0.5, 0.6) is 5.75 Å². The molecular formula is C17H9AlO2. The van der Waals surface area contributed by atoms with Crippen LogP contribution in [0.1, 0.15) is 15.9 Å². The summed E-state index contributed by atoms with van der Waals surface area (Å²) in [7, 11) is 0. The molecule has 2 nitrogen and oxygen atoms in total. The molecule has 0 heterocycles. The van der Waals surface area contributed by atoms with Gasteiger partial charge in [-0.25, -0.2) is 0 Å². The molecule has 3 aromatic carbocycles. The van der Waals surface area contributed by atoms with Crippen molar-refractivity contribution in [2.45, 2.75) is 0 Å². The lowest BCUT2D eigenvalue weighted by atomic mass is 9.82. The summed E-state index contributed by atoms with van der Waals surface area (Å²) in [6.07, 6.45) is 0. The molecule has 20 heavy (non-hydrogen) atoms. The summed E-state index contributed by atoms with van der Waals surface area (Å²) < 4.78 is 5.31. The zero-order valence-corrected chi connectivity index (χ0v) is 11.7. The summed E-state index contributed by atoms with van der Waals surface area (Å²) in [6.45, 7) is 0. The highest BCUT2D eigenvalue weighted by Gasteiger charge is 2.27. The van der Waals surface area contributed by atoms with Crippen molar-refractivity contribution in [3.8, 4) is 16.9 Å². The van der Waals surface area contributed by atoms with Crippen LogP contribution < -0.4 is 3.79 Å². The molecule has 0 aliphatic heterocycles. The van der Waals surface area contributed by atoms with Crippen LogP contribution in [-0.4, -0.2) is 22.4 Å². The minimum absolute atomic E-state index is 0.0300. The van der Waals surface area contributed by atoms with Crippen LogP contribution in [0, 0.1) is 0 Å². The van der Waals surface area contributed by atoms with E-state index in [0.717, 1.165) is 27.5 Å². The number of carbonyl (C=O) groups is 1. The van der Waals surface area contributed by atoms with Crippen molar-refractivity contribution in [3.63, 3.8) is 0 Å². The van der Waals surface area contributed by atoms with E-state index in [1.165, 1.54) is 0 Å². The van der Waals surface area contributed by atoms with Crippen LogP contribution in [0.15, 0.2) is 54.6 Å². The van der Waals surface area contributed by atoms with Gasteiger partial charge in [0.2, 0.25) is 0 Å². The van der Waals surface area contributed by atoms with Gasteiger partial charge in [0.1, 0.15) is 0 Å². The molecule has 92 valence electrons. The Kier molecular flexibility index (Phi) is 2.47. The van der Waals surface area contributed by atoms with Crippen LogP contribution in [0.3, 0.4) is 0 Å². The standard InChI is InChI=1S/C17H10O2.Al/c18-14-9-8-10-4-3-7-12-11-5-1-2-6-13(11)17(19)16(14)15(10)12;/h1-9,18H;/q;+1/p-1. The van der Waals surface area contributed by atoms with Crippen LogP contribution in [0.2, 0.25) is 0 Å². The quantitative estimate of drug-likeness (QED) is 0.496. The van der Waals surface area contributed by atoms with Gasteiger partial charge in [0, 0.05) is 10.9 Å². The molecule has 4 rings (SSSR count).